The van der Waals surface area contributed by atoms with Crippen LogP contribution in [-0.2, 0) is 10.0 Å². The van der Waals surface area contributed by atoms with E-state index in [1.54, 1.807) is 6.92 Å². The van der Waals surface area contributed by atoms with Gasteiger partial charge < -0.3 is 0 Å². The predicted molar refractivity (Wildman–Crippen MR) is 78.8 cm³/mol. The molecular weight excluding hydrogens is 335 g/mol. The number of sulfonamides is 1. The first-order valence-corrected chi connectivity index (χ1v) is 7.78. The van der Waals surface area contributed by atoms with Gasteiger partial charge in [-0.3, -0.25) is 4.72 Å². The fourth-order valence-electron chi connectivity index (χ4n) is 1.64. The standard InChI is InChI=1S/C12H8Cl2N4O2S/c1-7-4-8(5-15)2-3-9(7)21(19,20)18-10-11(13)16-6-17-12(10)14/h2-4,6,18H,1H3. The molecule has 1 N–H and O–H groups in total. The van der Waals surface area contributed by atoms with Crippen LogP contribution in [0.3, 0.4) is 0 Å². The van der Waals surface area contributed by atoms with Crippen molar-refractivity contribution in [2.24, 2.45) is 0 Å². The summed E-state index contributed by atoms with van der Waals surface area (Å²) in [6, 6.07) is 6.15. The lowest BCUT2D eigenvalue weighted by Crippen LogP contribution is -2.15. The number of nitriles is 1. The third-order valence-corrected chi connectivity index (χ3v) is 4.67. The lowest BCUT2D eigenvalue weighted by molar-refractivity contribution is 0.600. The van der Waals surface area contributed by atoms with Crippen LogP contribution < -0.4 is 4.72 Å². The molecule has 0 spiro atoms. The van der Waals surface area contributed by atoms with Gasteiger partial charge in [-0.05, 0) is 30.7 Å². The molecule has 0 atom stereocenters. The molecule has 0 amide bonds. The molecule has 9 heteroatoms. The Bertz CT molecular complexity index is 827. The van der Waals surface area contributed by atoms with Gasteiger partial charge in [-0.1, -0.05) is 23.2 Å². The summed E-state index contributed by atoms with van der Waals surface area (Å²) in [5.74, 6) is 0. The number of benzene rings is 1. The summed E-state index contributed by atoms with van der Waals surface area (Å²) in [5.41, 5.74) is 0.695. The molecule has 1 aromatic heterocycles. The second-order valence-corrected chi connectivity index (χ2v) is 6.39. The van der Waals surface area contributed by atoms with Crippen molar-refractivity contribution >= 4 is 38.9 Å². The van der Waals surface area contributed by atoms with Crippen LogP contribution in [0.15, 0.2) is 29.4 Å². The fourth-order valence-corrected chi connectivity index (χ4v) is 3.46. The molecule has 0 aliphatic heterocycles. The van der Waals surface area contributed by atoms with Crippen molar-refractivity contribution in [3.8, 4) is 6.07 Å². The summed E-state index contributed by atoms with van der Waals surface area (Å²) in [6.07, 6.45) is 1.12. The average Bonchev–Trinajstić information content (AvgIpc) is 2.42. The number of hydrogen-bond acceptors (Lipinski definition) is 5. The summed E-state index contributed by atoms with van der Waals surface area (Å²) in [7, 11) is -3.92. The van der Waals surface area contributed by atoms with Gasteiger partial charge in [0.15, 0.2) is 10.3 Å². The number of nitrogens with zero attached hydrogens (tertiary/aromatic N) is 3. The highest BCUT2D eigenvalue weighted by Crippen LogP contribution is 2.29. The molecule has 2 aromatic rings. The van der Waals surface area contributed by atoms with Crippen molar-refractivity contribution in [1.29, 1.82) is 5.26 Å². The largest absolute Gasteiger partial charge is 0.274 e. The van der Waals surface area contributed by atoms with E-state index in [0.29, 0.717) is 11.1 Å². The zero-order chi connectivity index (χ0) is 15.6. The quantitative estimate of drug-likeness (QED) is 0.865. The molecule has 0 saturated heterocycles. The van der Waals surface area contributed by atoms with Gasteiger partial charge in [-0.2, -0.15) is 5.26 Å². The van der Waals surface area contributed by atoms with Gasteiger partial charge in [0.1, 0.15) is 12.0 Å². The second-order valence-electron chi connectivity index (χ2n) is 4.03. The third-order valence-electron chi connectivity index (χ3n) is 2.58. The van der Waals surface area contributed by atoms with Gasteiger partial charge in [0.25, 0.3) is 10.0 Å². The number of nitrogens with one attached hydrogen (secondary N) is 1. The van der Waals surface area contributed by atoms with Gasteiger partial charge in [-0.15, -0.1) is 0 Å². The highest BCUT2D eigenvalue weighted by Gasteiger charge is 2.21. The molecule has 0 unspecified atom stereocenters. The lowest BCUT2D eigenvalue weighted by Gasteiger charge is -2.11. The minimum atomic E-state index is -3.92. The van der Waals surface area contributed by atoms with Crippen LogP contribution in [0.4, 0.5) is 5.69 Å². The molecule has 0 radical (unpaired) electrons. The Morgan fingerprint density at radius 1 is 1.24 bits per heavy atom. The molecule has 1 aromatic carbocycles. The van der Waals surface area contributed by atoms with Crippen molar-refractivity contribution in [3.05, 3.63) is 46.0 Å². The normalized spacial score (nSPS) is 11.0. The van der Waals surface area contributed by atoms with Gasteiger partial charge in [0.05, 0.1) is 16.5 Å². The van der Waals surface area contributed by atoms with Gasteiger partial charge in [0.2, 0.25) is 0 Å². The van der Waals surface area contributed by atoms with Crippen LogP contribution in [0.1, 0.15) is 11.1 Å². The summed E-state index contributed by atoms with van der Waals surface area (Å²) in [6.45, 7) is 1.58. The number of hydrogen-bond donors (Lipinski definition) is 1. The van der Waals surface area contributed by atoms with E-state index in [1.165, 1.54) is 18.2 Å². The van der Waals surface area contributed by atoms with E-state index in [4.69, 9.17) is 28.5 Å². The van der Waals surface area contributed by atoms with Crippen LogP contribution >= 0.6 is 23.2 Å². The Balaban J connectivity index is 2.47. The smallest absolute Gasteiger partial charge is 0.262 e. The first kappa shape index (κ1) is 15.5. The molecule has 0 aliphatic rings. The highest BCUT2D eigenvalue weighted by atomic mass is 35.5. The third kappa shape index (κ3) is 3.24. The fraction of sp³-hybridized carbons (Fsp3) is 0.0833. The van der Waals surface area contributed by atoms with Crippen LogP contribution in [0.5, 0.6) is 0 Å². The molecule has 1 heterocycles. The number of anilines is 1. The van der Waals surface area contributed by atoms with E-state index in [0.717, 1.165) is 6.33 Å². The minimum Gasteiger partial charge on any atom is -0.274 e. The van der Waals surface area contributed by atoms with E-state index < -0.39 is 10.0 Å². The van der Waals surface area contributed by atoms with Gasteiger partial charge >= 0.3 is 0 Å². The first-order valence-electron chi connectivity index (χ1n) is 5.54. The Hall–Kier alpha value is -1.88. The summed E-state index contributed by atoms with van der Waals surface area (Å²) >= 11 is 11.6. The lowest BCUT2D eigenvalue weighted by atomic mass is 10.2. The molecule has 0 bridgehead atoms. The molecule has 0 aliphatic carbocycles. The molecule has 6 nitrogen and oxygen atoms in total. The summed E-state index contributed by atoms with van der Waals surface area (Å²) in [5, 5.41) is 8.58. The average molecular weight is 343 g/mol. The zero-order valence-electron chi connectivity index (χ0n) is 10.6. The number of aryl methyl sites for hydroxylation is 1. The Labute approximate surface area is 131 Å². The van der Waals surface area contributed by atoms with Crippen LogP contribution in [0.2, 0.25) is 10.3 Å². The Morgan fingerprint density at radius 2 is 1.86 bits per heavy atom. The monoisotopic (exact) mass is 342 g/mol. The summed E-state index contributed by atoms with van der Waals surface area (Å²) in [4.78, 5) is 7.35. The van der Waals surface area contributed by atoms with E-state index in [2.05, 4.69) is 14.7 Å². The topological polar surface area (TPSA) is 95.7 Å². The van der Waals surface area contributed by atoms with Crippen molar-refractivity contribution in [2.45, 2.75) is 11.8 Å². The number of halogens is 2. The first-order chi connectivity index (χ1) is 9.85. The van der Waals surface area contributed by atoms with Crippen molar-refractivity contribution in [2.75, 3.05) is 4.72 Å². The summed E-state index contributed by atoms with van der Waals surface area (Å²) < 4.78 is 27.0. The van der Waals surface area contributed by atoms with Crippen LogP contribution in [0, 0.1) is 18.3 Å². The maximum Gasteiger partial charge on any atom is 0.262 e. The predicted octanol–water partition coefficient (Wildman–Crippen LogP) is 2.76. The van der Waals surface area contributed by atoms with Crippen LogP contribution in [-0.4, -0.2) is 18.4 Å². The maximum atomic E-state index is 12.4. The number of rotatable bonds is 3. The molecule has 2 rings (SSSR count). The van der Waals surface area contributed by atoms with Crippen LogP contribution in [0.25, 0.3) is 0 Å². The van der Waals surface area contributed by atoms with E-state index in [-0.39, 0.29) is 20.9 Å². The molecular formula is C12H8Cl2N4O2S. The van der Waals surface area contributed by atoms with E-state index in [1.807, 2.05) is 6.07 Å². The Morgan fingerprint density at radius 3 is 2.38 bits per heavy atom. The Kier molecular flexibility index (Phi) is 4.32. The van der Waals surface area contributed by atoms with Crippen molar-refractivity contribution < 1.29 is 8.42 Å². The SMILES string of the molecule is Cc1cc(C#N)ccc1S(=O)(=O)Nc1c(Cl)ncnc1Cl. The van der Waals surface area contributed by atoms with Crippen molar-refractivity contribution in [1.82, 2.24) is 9.97 Å². The minimum absolute atomic E-state index is 0.0116. The van der Waals surface area contributed by atoms with E-state index in [9.17, 15) is 8.42 Å². The maximum absolute atomic E-state index is 12.4. The number of aromatic nitrogens is 2. The van der Waals surface area contributed by atoms with E-state index >= 15 is 0 Å². The zero-order valence-corrected chi connectivity index (χ0v) is 13.0. The van der Waals surface area contributed by atoms with Gasteiger partial charge in [0, 0.05) is 0 Å². The molecule has 21 heavy (non-hydrogen) atoms. The van der Waals surface area contributed by atoms with Crippen molar-refractivity contribution in [3.63, 3.8) is 0 Å². The molecule has 0 fully saturated rings. The second kappa shape index (κ2) is 5.85. The van der Waals surface area contributed by atoms with Gasteiger partial charge in [-0.25, -0.2) is 18.4 Å². The molecule has 108 valence electrons. The molecule has 0 saturated carbocycles. The highest BCUT2D eigenvalue weighted by molar-refractivity contribution is 7.92.